The van der Waals surface area contributed by atoms with Crippen molar-refractivity contribution in [3.05, 3.63) is 59.8 Å². The molecule has 1 aliphatic heterocycles. The zero-order valence-corrected chi connectivity index (χ0v) is 19.7. The van der Waals surface area contributed by atoms with E-state index in [0.29, 0.717) is 12.4 Å². The van der Waals surface area contributed by atoms with Gasteiger partial charge in [-0.1, -0.05) is 36.4 Å². The van der Waals surface area contributed by atoms with E-state index >= 15 is 0 Å². The van der Waals surface area contributed by atoms with Gasteiger partial charge in [0.1, 0.15) is 18.0 Å². The second-order valence-electron chi connectivity index (χ2n) is 9.74. The fourth-order valence-electron chi connectivity index (χ4n) is 4.35. The van der Waals surface area contributed by atoms with E-state index in [1.165, 1.54) is 0 Å². The number of hydrogen-bond donors (Lipinski definition) is 0. The van der Waals surface area contributed by atoms with Crippen LogP contribution in [0.3, 0.4) is 0 Å². The molecule has 0 N–H and O–H groups in total. The summed E-state index contributed by atoms with van der Waals surface area (Å²) in [5.41, 5.74) is 1.21. The molecule has 1 saturated carbocycles. The molecular weight excluding hydrogens is 418 g/mol. The maximum atomic E-state index is 13.2. The highest BCUT2D eigenvalue weighted by molar-refractivity contribution is 5.88. The summed E-state index contributed by atoms with van der Waals surface area (Å²) in [7, 11) is 0. The molecule has 2 fully saturated rings. The van der Waals surface area contributed by atoms with Gasteiger partial charge in [-0.3, -0.25) is 4.90 Å². The third-order valence-corrected chi connectivity index (χ3v) is 6.13. The van der Waals surface area contributed by atoms with E-state index in [-0.39, 0.29) is 30.9 Å². The standard InChI is InChI=1S/C26H33N3O4/c1-26(2,3)33-25(31)29(20-12-7-13-20)23-21(14-8-16-27-23)22-15-9-17-28(22)24(30)32-18-19-10-5-4-6-11-19/h4-6,8,10-11,14,16,20,22H,7,9,12-13,15,17-18H2,1-3H3/t22-/m1/s1. The number of carbonyl (C=O) groups excluding carboxylic acids is 2. The number of aromatic nitrogens is 1. The maximum absolute atomic E-state index is 13.2. The molecule has 7 nitrogen and oxygen atoms in total. The first-order chi connectivity index (χ1) is 15.8. The molecule has 2 heterocycles. The van der Waals surface area contributed by atoms with Crippen molar-refractivity contribution in [1.82, 2.24) is 9.88 Å². The van der Waals surface area contributed by atoms with Gasteiger partial charge in [0.25, 0.3) is 0 Å². The second kappa shape index (κ2) is 9.81. The van der Waals surface area contributed by atoms with Gasteiger partial charge in [-0.15, -0.1) is 0 Å². The van der Waals surface area contributed by atoms with Crippen molar-refractivity contribution < 1.29 is 19.1 Å². The van der Waals surface area contributed by atoms with Gasteiger partial charge in [-0.25, -0.2) is 14.6 Å². The summed E-state index contributed by atoms with van der Waals surface area (Å²) < 4.78 is 11.4. The molecule has 1 aliphatic carbocycles. The Morgan fingerprint density at radius 1 is 1.06 bits per heavy atom. The lowest BCUT2D eigenvalue weighted by molar-refractivity contribution is 0.0547. The Balaban J connectivity index is 1.57. The maximum Gasteiger partial charge on any atom is 0.416 e. The Hall–Kier alpha value is -3.09. The smallest absolute Gasteiger partial charge is 0.416 e. The quantitative estimate of drug-likeness (QED) is 0.570. The van der Waals surface area contributed by atoms with Gasteiger partial charge in [0.15, 0.2) is 0 Å². The Morgan fingerprint density at radius 3 is 2.48 bits per heavy atom. The summed E-state index contributed by atoms with van der Waals surface area (Å²) >= 11 is 0. The number of anilines is 1. The van der Waals surface area contributed by atoms with Gasteiger partial charge in [0.2, 0.25) is 0 Å². The fourth-order valence-corrected chi connectivity index (χ4v) is 4.35. The number of likely N-dealkylation sites (tertiary alicyclic amines) is 1. The van der Waals surface area contributed by atoms with Crippen molar-refractivity contribution in [1.29, 1.82) is 0 Å². The van der Waals surface area contributed by atoms with E-state index < -0.39 is 5.60 Å². The van der Waals surface area contributed by atoms with Crippen molar-refractivity contribution in [3.8, 4) is 0 Å². The Bertz CT molecular complexity index is 969. The van der Waals surface area contributed by atoms with E-state index in [9.17, 15) is 9.59 Å². The first-order valence-corrected chi connectivity index (χ1v) is 11.8. The number of hydrogen-bond acceptors (Lipinski definition) is 5. The highest BCUT2D eigenvalue weighted by Gasteiger charge is 2.39. The van der Waals surface area contributed by atoms with Crippen LogP contribution in [-0.2, 0) is 16.1 Å². The lowest BCUT2D eigenvalue weighted by Gasteiger charge is -2.39. The average Bonchev–Trinajstić information content (AvgIpc) is 3.24. The number of ether oxygens (including phenoxy) is 2. The SMILES string of the molecule is CC(C)(C)OC(=O)N(c1ncccc1[C@H]1CCCN1C(=O)OCc1ccccc1)C1CCC1. The van der Waals surface area contributed by atoms with Crippen molar-refractivity contribution in [2.24, 2.45) is 0 Å². The minimum absolute atomic E-state index is 0.0633. The van der Waals surface area contributed by atoms with Crippen molar-refractivity contribution in [3.63, 3.8) is 0 Å². The van der Waals surface area contributed by atoms with Crippen LogP contribution in [0.1, 0.15) is 70.0 Å². The second-order valence-corrected chi connectivity index (χ2v) is 9.74. The molecule has 1 aromatic carbocycles. The molecule has 4 rings (SSSR count). The van der Waals surface area contributed by atoms with E-state index in [4.69, 9.17) is 9.47 Å². The zero-order chi connectivity index (χ0) is 23.4. The molecule has 1 saturated heterocycles. The molecule has 1 aromatic heterocycles. The van der Waals surface area contributed by atoms with E-state index in [1.807, 2.05) is 63.2 Å². The molecule has 2 amide bonds. The lowest BCUT2D eigenvalue weighted by Crippen LogP contribution is -2.48. The third kappa shape index (κ3) is 5.46. The summed E-state index contributed by atoms with van der Waals surface area (Å²) in [5, 5.41) is 0. The van der Waals surface area contributed by atoms with Crippen LogP contribution in [0.25, 0.3) is 0 Å². The Morgan fingerprint density at radius 2 is 1.82 bits per heavy atom. The van der Waals surface area contributed by atoms with Crippen LogP contribution in [-0.4, -0.2) is 40.3 Å². The number of amides is 2. The molecule has 0 bridgehead atoms. The van der Waals surface area contributed by atoms with Crippen molar-refractivity contribution in [2.45, 2.75) is 77.2 Å². The number of benzene rings is 1. The van der Waals surface area contributed by atoms with E-state index in [2.05, 4.69) is 4.98 Å². The van der Waals surface area contributed by atoms with Crippen LogP contribution in [0.4, 0.5) is 15.4 Å². The van der Waals surface area contributed by atoms with E-state index in [1.54, 1.807) is 16.0 Å². The summed E-state index contributed by atoms with van der Waals surface area (Å²) in [5.74, 6) is 0.587. The molecule has 0 unspecified atom stereocenters. The molecular formula is C26H33N3O4. The number of pyridine rings is 1. The first kappa shape index (κ1) is 23.1. The molecule has 7 heteroatoms. The van der Waals surface area contributed by atoms with Crippen LogP contribution >= 0.6 is 0 Å². The van der Waals surface area contributed by atoms with Gasteiger partial charge >= 0.3 is 12.2 Å². The lowest BCUT2D eigenvalue weighted by atomic mass is 9.91. The average molecular weight is 452 g/mol. The summed E-state index contributed by atoms with van der Waals surface area (Å²) in [4.78, 5) is 34.3. The van der Waals surface area contributed by atoms with Crippen LogP contribution in [0, 0.1) is 0 Å². The summed E-state index contributed by atoms with van der Waals surface area (Å²) in [6.07, 6.45) is 5.55. The normalized spacial score (nSPS) is 18.5. The minimum Gasteiger partial charge on any atom is -0.445 e. The molecule has 1 atom stereocenters. The topological polar surface area (TPSA) is 72.0 Å². The van der Waals surface area contributed by atoms with Gasteiger partial charge in [0.05, 0.1) is 6.04 Å². The Labute approximate surface area is 195 Å². The van der Waals surface area contributed by atoms with Crippen LogP contribution in [0.15, 0.2) is 48.7 Å². The van der Waals surface area contributed by atoms with Gasteiger partial charge in [-0.05, 0) is 64.5 Å². The molecule has 0 radical (unpaired) electrons. The van der Waals surface area contributed by atoms with Crippen molar-refractivity contribution >= 4 is 18.0 Å². The molecule has 2 aliphatic rings. The molecule has 2 aromatic rings. The molecule has 176 valence electrons. The highest BCUT2D eigenvalue weighted by atomic mass is 16.6. The third-order valence-electron chi connectivity index (χ3n) is 6.13. The summed E-state index contributed by atoms with van der Waals surface area (Å²) in [6, 6.07) is 13.4. The number of carbonyl (C=O) groups is 2. The highest BCUT2D eigenvalue weighted by Crippen LogP contribution is 2.39. The number of rotatable bonds is 5. The monoisotopic (exact) mass is 451 g/mol. The predicted octanol–water partition coefficient (Wildman–Crippen LogP) is 5.85. The first-order valence-electron chi connectivity index (χ1n) is 11.8. The minimum atomic E-state index is -0.603. The molecule has 0 spiro atoms. The van der Waals surface area contributed by atoms with Gasteiger partial charge in [-0.2, -0.15) is 0 Å². The van der Waals surface area contributed by atoms with Crippen LogP contribution in [0.2, 0.25) is 0 Å². The van der Waals surface area contributed by atoms with E-state index in [0.717, 1.165) is 43.2 Å². The van der Waals surface area contributed by atoms with Gasteiger partial charge < -0.3 is 14.4 Å². The largest absolute Gasteiger partial charge is 0.445 e. The summed E-state index contributed by atoms with van der Waals surface area (Å²) in [6.45, 7) is 6.44. The van der Waals surface area contributed by atoms with Crippen LogP contribution < -0.4 is 4.90 Å². The van der Waals surface area contributed by atoms with Crippen LogP contribution in [0.5, 0.6) is 0 Å². The predicted molar refractivity (Wildman–Crippen MR) is 126 cm³/mol. The van der Waals surface area contributed by atoms with Gasteiger partial charge in [0, 0.05) is 24.3 Å². The number of nitrogens with zero attached hydrogens (tertiary/aromatic N) is 3. The van der Waals surface area contributed by atoms with Crippen molar-refractivity contribution in [2.75, 3.05) is 11.4 Å². The molecule has 33 heavy (non-hydrogen) atoms. The Kier molecular flexibility index (Phi) is 6.86. The fraction of sp³-hybridized carbons (Fsp3) is 0.500. The zero-order valence-electron chi connectivity index (χ0n) is 19.7.